The Morgan fingerprint density at radius 3 is 2.65 bits per heavy atom. The van der Waals surface area contributed by atoms with Crippen molar-refractivity contribution >= 4 is 28.6 Å². The number of aromatic carboxylic acids is 1. The third-order valence-electron chi connectivity index (χ3n) is 3.63. The number of anilines is 1. The number of carbonyl (C=O) groups is 2. The SMILES string of the molecule is NCc1ccc2c(c1)NC(=O)CO2.O=C(O)c1ccc2nccnc2c1. The van der Waals surface area contributed by atoms with E-state index in [0.717, 1.165) is 5.56 Å². The summed E-state index contributed by atoms with van der Waals surface area (Å²) in [4.78, 5) is 29.6. The second kappa shape index (κ2) is 7.58. The lowest BCUT2D eigenvalue weighted by Gasteiger charge is -2.18. The van der Waals surface area contributed by atoms with E-state index in [1.165, 1.54) is 18.3 Å². The zero-order valence-corrected chi connectivity index (χ0v) is 13.7. The van der Waals surface area contributed by atoms with E-state index in [0.29, 0.717) is 29.0 Å². The Morgan fingerprint density at radius 1 is 1.15 bits per heavy atom. The molecule has 4 rings (SSSR count). The van der Waals surface area contributed by atoms with Crippen molar-refractivity contribution in [2.75, 3.05) is 11.9 Å². The number of amides is 1. The molecule has 4 N–H and O–H groups in total. The molecular formula is C18H16N4O4. The highest BCUT2D eigenvalue weighted by molar-refractivity contribution is 5.95. The number of nitrogens with zero attached hydrogens (tertiary/aromatic N) is 2. The van der Waals surface area contributed by atoms with Gasteiger partial charge in [-0.3, -0.25) is 14.8 Å². The van der Waals surface area contributed by atoms with Crippen LogP contribution in [-0.2, 0) is 11.3 Å². The zero-order valence-electron chi connectivity index (χ0n) is 13.7. The van der Waals surface area contributed by atoms with Crippen LogP contribution in [-0.4, -0.2) is 33.6 Å². The molecular weight excluding hydrogens is 336 g/mol. The molecule has 0 aliphatic carbocycles. The van der Waals surface area contributed by atoms with Gasteiger partial charge >= 0.3 is 5.97 Å². The number of hydrogen-bond acceptors (Lipinski definition) is 6. The van der Waals surface area contributed by atoms with Crippen LogP contribution >= 0.6 is 0 Å². The minimum absolute atomic E-state index is 0.0922. The van der Waals surface area contributed by atoms with Crippen molar-refractivity contribution in [2.24, 2.45) is 5.73 Å². The lowest BCUT2D eigenvalue weighted by atomic mass is 10.1. The summed E-state index contributed by atoms with van der Waals surface area (Å²) < 4.78 is 5.18. The van der Waals surface area contributed by atoms with E-state index in [-0.39, 0.29) is 18.1 Å². The molecule has 132 valence electrons. The molecule has 0 spiro atoms. The van der Waals surface area contributed by atoms with Gasteiger partial charge in [-0.15, -0.1) is 0 Å². The molecule has 0 radical (unpaired) electrons. The average molecular weight is 352 g/mol. The van der Waals surface area contributed by atoms with Crippen LogP contribution in [0.25, 0.3) is 11.0 Å². The van der Waals surface area contributed by atoms with Gasteiger partial charge in [-0.25, -0.2) is 4.79 Å². The summed E-state index contributed by atoms with van der Waals surface area (Å²) in [6.45, 7) is 0.554. The van der Waals surface area contributed by atoms with E-state index < -0.39 is 5.97 Å². The highest BCUT2D eigenvalue weighted by Gasteiger charge is 2.15. The van der Waals surface area contributed by atoms with Gasteiger partial charge in [0.15, 0.2) is 6.61 Å². The molecule has 3 aromatic rings. The number of carboxylic acid groups (broad SMARTS) is 1. The van der Waals surface area contributed by atoms with Gasteiger partial charge < -0.3 is 20.9 Å². The standard InChI is InChI=1S/C9H10N2O2.C9H6N2O2/c10-4-6-1-2-8-7(3-6)11-9(12)5-13-8;12-9(13)6-1-2-7-8(5-6)11-4-3-10-7/h1-3H,4-5,10H2,(H,11,12);1-5H,(H,12,13). The van der Waals surface area contributed by atoms with Crippen molar-refractivity contribution in [3.8, 4) is 5.75 Å². The number of fused-ring (bicyclic) bond motifs is 2. The fraction of sp³-hybridized carbons (Fsp3) is 0.111. The first-order valence-electron chi connectivity index (χ1n) is 7.76. The number of ether oxygens (including phenoxy) is 1. The Bertz CT molecular complexity index is 974. The van der Waals surface area contributed by atoms with Gasteiger partial charge in [-0.2, -0.15) is 0 Å². The second-order valence-corrected chi connectivity index (χ2v) is 5.44. The molecule has 1 aromatic heterocycles. The maximum Gasteiger partial charge on any atom is 0.335 e. The first kappa shape index (κ1) is 17.3. The maximum absolute atomic E-state index is 11.0. The van der Waals surface area contributed by atoms with Gasteiger partial charge in [0.25, 0.3) is 5.91 Å². The van der Waals surface area contributed by atoms with Crippen LogP contribution in [0.3, 0.4) is 0 Å². The van der Waals surface area contributed by atoms with Crippen molar-refractivity contribution in [3.63, 3.8) is 0 Å². The van der Waals surface area contributed by atoms with Crippen molar-refractivity contribution in [2.45, 2.75) is 6.54 Å². The molecule has 0 saturated heterocycles. The molecule has 8 nitrogen and oxygen atoms in total. The minimum atomic E-state index is -0.951. The van der Waals surface area contributed by atoms with Gasteiger partial charge in [0.1, 0.15) is 5.75 Å². The van der Waals surface area contributed by atoms with Crippen LogP contribution in [0, 0.1) is 0 Å². The Morgan fingerprint density at radius 2 is 1.92 bits per heavy atom. The lowest BCUT2D eigenvalue weighted by Crippen LogP contribution is -2.25. The van der Waals surface area contributed by atoms with Crippen molar-refractivity contribution < 1.29 is 19.4 Å². The number of benzene rings is 2. The Kier molecular flexibility index (Phi) is 5.04. The summed E-state index contributed by atoms with van der Waals surface area (Å²) in [6.07, 6.45) is 3.11. The van der Waals surface area contributed by atoms with E-state index >= 15 is 0 Å². The third-order valence-corrected chi connectivity index (χ3v) is 3.63. The Hall–Kier alpha value is -3.52. The summed E-state index contributed by atoms with van der Waals surface area (Å²) in [5.74, 6) is -0.369. The van der Waals surface area contributed by atoms with Gasteiger partial charge in [0, 0.05) is 18.9 Å². The Balaban J connectivity index is 0.000000151. The molecule has 1 aliphatic rings. The van der Waals surface area contributed by atoms with Gasteiger partial charge in [0.2, 0.25) is 0 Å². The van der Waals surface area contributed by atoms with Crippen molar-refractivity contribution in [1.29, 1.82) is 0 Å². The number of rotatable bonds is 2. The number of aromatic nitrogens is 2. The molecule has 2 heterocycles. The molecule has 0 unspecified atom stereocenters. The molecule has 0 bridgehead atoms. The molecule has 2 aromatic carbocycles. The van der Waals surface area contributed by atoms with Crippen LogP contribution in [0.1, 0.15) is 15.9 Å². The third kappa shape index (κ3) is 3.93. The van der Waals surface area contributed by atoms with E-state index in [1.807, 2.05) is 18.2 Å². The van der Waals surface area contributed by atoms with Crippen LogP contribution in [0.2, 0.25) is 0 Å². The molecule has 1 amide bonds. The molecule has 0 fully saturated rings. The molecule has 8 heteroatoms. The predicted molar refractivity (Wildman–Crippen MR) is 95.0 cm³/mol. The topological polar surface area (TPSA) is 127 Å². The highest BCUT2D eigenvalue weighted by Crippen LogP contribution is 2.28. The normalized spacial score (nSPS) is 12.3. The summed E-state index contributed by atoms with van der Waals surface area (Å²) >= 11 is 0. The monoisotopic (exact) mass is 352 g/mol. The first-order chi connectivity index (χ1) is 12.6. The number of nitrogens with one attached hydrogen (secondary N) is 1. The number of carbonyl (C=O) groups excluding carboxylic acids is 1. The van der Waals surface area contributed by atoms with E-state index in [4.69, 9.17) is 15.6 Å². The Labute approximate surface area is 148 Å². The highest BCUT2D eigenvalue weighted by atomic mass is 16.5. The quantitative estimate of drug-likeness (QED) is 0.641. The average Bonchev–Trinajstić information content (AvgIpc) is 2.67. The number of carboxylic acids is 1. The summed E-state index contributed by atoms with van der Waals surface area (Å²) in [5.41, 5.74) is 8.68. The van der Waals surface area contributed by atoms with E-state index in [1.54, 1.807) is 12.3 Å². The van der Waals surface area contributed by atoms with E-state index in [9.17, 15) is 9.59 Å². The zero-order chi connectivity index (χ0) is 18.5. The molecule has 1 aliphatic heterocycles. The van der Waals surface area contributed by atoms with E-state index in [2.05, 4.69) is 15.3 Å². The fourth-order valence-electron chi connectivity index (χ4n) is 2.35. The predicted octanol–water partition coefficient (Wildman–Crippen LogP) is 1.80. The molecule has 26 heavy (non-hydrogen) atoms. The summed E-state index contributed by atoms with van der Waals surface area (Å²) in [5, 5.41) is 11.4. The molecule has 0 saturated carbocycles. The largest absolute Gasteiger partial charge is 0.482 e. The lowest BCUT2D eigenvalue weighted by molar-refractivity contribution is -0.118. The smallest absolute Gasteiger partial charge is 0.335 e. The van der Waals surface area contributed by atoms with Gasteiger partial charge in [0.05, 0.1) is 22.3 Å². The van der Waals surface area contributed by atoms with Gasteiger partial charge in [-0.1, -0.05) is 6.07 Å². The molecule has 0 atom stereocenters. The van der Waals surface area contributed by atoms with Crippen LogP contribution in [0.4, 0.5) is 5.69 Å². The fourth-order valence-corrected chi connectivity index (χ4v) is 2.35. The van der Waals surface area contributed by atoms with Crippen LogP contribution < -0.4 is 15.8 Å². The number of hydrogen-bond donors (Lipinski definition) is 3. The minimum Gasteiger partial charge on any atom is -0.482 e. The first-order valence-corrected chi connectivity index (χ1v) is 7.76. The van der Waals surface area contributed by atoms with Crippen molar-refractivity contribution in [3.05, 3.63) is 59.9 Å². The maximum atomic E-state index is 11.0. The van der Waals surface area contributed by atoms with Gasteiger partial charge in [-0.05, 0) is 35.9 Å². The van der Waals surface area contributed by atoms with Crippen LogP contribution in [0.5, 0.6) is 5.75 Å². The van der Waals surface area contributed by atoms with Crippen LogP contribution in [0.15, 0.2) is 48.8 Å². The summed E-state index contributed by atoms with van der Waals surface area (Å²) in [7, 11) is 0. The second-order valence-electron chi connectivity index (χ2n) is 5.44. The van der Waals surface area contributed by atoms with Crippen molar-refractivity contribution in [1.82, 2.24) is 9.97 Å². The summed E-state index contributed by atoms with van der Waals surface area (Å²) in [6, 6.07) is 10.2. The number of nitrogens with two attached hydrogens (primary N) is 1.